The molecule has 3 heteroatoms. The Kier molecular flexibility index (Phi) is 1.17. The number of nitrogens with zero attached hydrogens (tertiary/aromatic N) is 2. The molecule has 0 amide bonds. The van der Waals surface area contributed by atoms with Crippen LogP contribution in [0.25, 0.3) is 6.08 Å². The Bertz CT molecular complexity index is 145. The van der Waals surface area contributed by atoms with Gasteiger partial charge >= 0.3 is 0 Å². The summed E-state index contributed by atoms with van der Waals surface area (Å²) in [5.74, 6) is 0. The second-order valence-electron chi connectivity index (χ2n) is 0.937. The Morgan fingerprint density at radius 3 is 3.00 bits per heavy atom. The minimum absolute atomic E-state index is 0.819. The summed E-state index contributed by atoms with van der Waals surface area (Å²) >= 11 is 1.29. The largest absolute Gasteiger partial charge is 0.212 e. The molecule has 0 spiro atoms. The van der Waals surface area contributed by atoms with Crippen LogP contribution in [0.1, 0.15) is 5.01 Å². The quantitative estimate of drug-likeness (QED) is 0.540. The van der Waals surface area contributed by atoms with Crippen LogP contribution in [-0.2, 0) is 0 Å². The molecule has 0 fully saturated rings. The van der Waals surface area contributed by atoms with Crippen molar-refractivity contribution in [2.24, 2.45) is 0 Å². The number of aromatic nitrogens is 2. The highest BCUT2D eigenvalue weighted by Crippen LogP contribution is 1.97. The molecule has 0 saturated heterocycles. The van der Waals surface area contributed by atoms with Gasteiger partial charge in [-0.3, -0.25) is 0 Å². The van der Waals surface area contributed by atoms with Crippen LogP contribution in [0.2, 0.25) is 0 Å². The highest BCUT2D eigenvalue weighted by molar-refractivity contribution is 7.06. The fraction of sp³-hybridized carbons (Fsp3) is 0. The highest BCUT2D eigenvalue weighted by atomic mass is 32.1. The molecule has 1 rings (SSSR count). The topological polar surface area (TPSA) is 25.8 Å². The van der Waals surface area contributed by atoms with E-state index >= 15 is 0 Å². The summed E-state index contributed by atoms with van der Waals surface area (Å²) in [6.07, 6.45) is 4.07. The Morgan fingerprint density at radius 2 is 2.71 bits per heavy atom. The molecule has 7 heavy (non-hydrogen) atoms. The molecule has 0 aromatic carbocycles. The van der Waals surface area contributed by atoms with Crippen LogP contribution in [0.4, 0.5) is 0 Å². The third kappa shape index (κ3) is 0.838. The Labute approximate surface area is 45.7 Å². The van der Waals surface area contributed by atoms with Crippen LogP contribution in [0.3, 0.4) is 0 Å². The summed E-state index contributed by atoms with van der Waals surface area (Å²) in [6.45, 7) is 3.49. The van der Waals surface area contributed by atoms with Gasteiger partial charge in [-0.2, -0.15) is 4.37 Å². The minimum atomic E-state index is 0.819. The first-order valence-corrected chi connectivity index (χ1v) is 2.53. The van der Waals surface area contributed by atoms with E-state index in [1.807, 2.05) is 0 Å². The lowest BCUT2D eigenvalue weighted by atomic mass is 10.7. The zero-order chi connectivity index (χ0) is 5.11. The maximum atomic E-state index is 3.70. The molecular formula is C4H3N2S. The van der Waals surface area contributed by atoms with Gasteiger partial charge in [-0.05, 0) is 17.6 Å². The Morgan fingerprint density at radius 1 is 1.86 bits per heavy atom. The molecule has 2 nitrogen and oxygen atoms in total. The van der Waals surface area contributed by atoms with Crippen molar-refractivity contribution in [1.82, 2.24) is 9.36 Å². The van der Waals surface area contributed by atoms with E-state index in [0.717, 1.165) is 5.01 Å². The van der Waals surface area contributed by atoms with Gasteiger partial charge in [0.1, 0.15) is 5.01 Å². The lowest BCUT2D eigenvalue weighted by molar-refractivity contribution is 1.29. The standard InChI is InChI=1S/C4H3N2S/c1-2-4-5-3-6-7-4/h2H,1H2. The number of rotatable bonds is 1. The third-order valence-electron chi connectivity index (χ3n) is 0.515. The summed E-state index contributed by atoms with van der Waals surface area (Å²) in [7, 11) is 0. The maximum absolute atomic E-state index is 3.70. The number of hydrogen-bond acceptors (Lipinski definition) is 3. The highest BCUT2D eigenvalue weighted by Gasteiger charge is 1.83. The van der Waals surface area contributed by atoms with Crippen molar-refractivity contribution < 1.29 is 0 Å². The van der Waals surface area contributed by atoms with Crippen LogP contribution in [0, 0.1) is 6.33 Å². The molecule has 0 atom stereocenters. The van der Waals surface area contributed by atoms with E-state index in [1.54, 1.807) is 6.08 Å². The van der Waals surface area contributed by atoms with Crippen molar-refractivity contribution in [2.75, 3.05) is 0 Å². The second kappa shape index (κ2) is 1.84. The van der Waals surface area contributed by atoms with Gasteiger partial charge in [0.2, 0.25) is 6.33 Å². The van der Waals surface area contributed by atoms with E-state index in [2.05, 4.69) is 22.3 Å². The normalized spacial score (nSPS) is 8.57. The SMILES string of the molecule is C=Cc1n[c]ns1. The fourth-order valence-corrected chi connectivity index (χ4v) is 0.572. The van der Waals surface area contributed by atoms with Gasteiger partial charge in [0, 0.05) is 0 Å². The van der Waals surface area contributed by atoms with Gasteiger partial charge in [0.25, 0.3) is 0 Å². The molecule has 0 aliphatic rings. The number of hydrogen-bond donors (Lipinski definition) is 0. The Hall–Kier alpha value is -0.700. The van der Waals surface area contributed by atoms with Crippen LogP contribution in [0.15, 0.2) is 6.58 Å². The van der Waals surface area contributed by atoms with E-state index in [1.165, 1.54) is 11.5 Å². The summed E-state index contributed by atoms with van der Waals surface area (Å²) in [6, 6.07) is 0. The van der Waals surface area contributed by atoms with Gasteiger partial charge in [-0.25, -0.2) is 4.98 Å². The van der Waals surface area contributed by atoms with Gasteiger partial charge in [-0.1, -0.05) is 6.58 Å². The van der Waals surface area contributed by atoms with Gasteiger partial charge in [0.15, 0.2) is 0 Å². The molecule has 1 heterocycles. The lowest BCUT2D eigenvalue weighted by Crippen LogP contribution is -1.59. The fourth-order valence-electron chi connectivity index (χ4n) is 0.240. The first-order chi connectivity index (χ1) is 3.43. The van der Waals surface area contributed by atoms with Crippen LogP contribution in [-0.4, -0.2) is 9.36 Å². The van der Waals surface area contributed by atoms with Crippen molar-refractivity contribution in [3.05, 3.63) is 17.9 Å². The van der Waals surface area contributed by atoms with Gasteiger partial charge in [0.05, 0.1) is 0 Å². The predicted octanol–water partition coefficient (Wildman–Crippen LogP) is 0.981. The molecular weight excluding hydrogens is 108 g/mol. The van der Waals surface area contributed by atoms with Crippen molar-refractivity contribution in [3.8, 4) is 0 Å². The average Bonchev–Trinajstić information content (AvgIpc) is 2.14. The molecule has 1 aromatic rings. The average molecular weight is 111 g/mol. The maximum Gasteiger partial charge on any atom is 0.212 e. The second-order valence-corrected chi connectivity index (χ2v) is 1.72. The molecule has 0 saturated carbocycles. The summed E-state index contributed by atoms with van der Waals surface area (Å²) in [5, 5.41) is 0.819. The van der Waals surface area contributed by atoms with Crippen molar-refractivity contribution >= 4 is 17.6 Å². The predicted molar refractivity (Wildman–Crippen MR) is 28.8 cm³/mol. The molecule has 0 aliphatic carbocycles. The molecule has 0 unspecified atom stereocenters. The monoisotopic (exact) mass is 111 g/mol. The molecule has 1 aromatic heterocycles. The van der Waals surface area contributed by atoms with Crippen LogP contribution >= 0.6 is 11.5 Å². The smallest absolute Gasteiger partial charge is 0.212 e. The molecule has 35 valence electrons. The molecule has 1 radical (unpaired) electrons. The summed E-state index contributed by atoms with van der Waals surface area (Å²) < 4.78 is 3.63. The first kappa shape index (κ1) is 4.46. The van der Waals surface area contributed by atoms with E-state index in [9.17, 15) is 0 Å². The van der Waals surface area contributed by atoms with Crippen molar-refractivity contribution in [2.45, 2.75) is 0 Å². The van der Waals surface area contributed by atoms with E-state index < -0.39 is 0 Å². The Balaban J connectivity index is 2.96. The van der Waals surface area contributed by atoms with Gasteiger partial charge < -0.3 is 0 Å². The van der Waals surface area contributed by atoms with Gasteiger partial charge in [-0.15, -0.1) is 0 Å². The van der Waals surface area contributed by atoms with E-state index in [-0.39, 0.29) is 0 Å². The van der Waals surface area contributed by atoms with Crippen LogP contribution in [0.5, 0.6) is 0 Å². The zero-order valence-electron chi connectivity index (χ0n) is 3.59. The zero-order valence-corrected chi connectivity index (χ0v) is 4.40. The molecule has 0 aliphatic heterocycles. The third-order valence-corrected chi connectivity index (χ3v) is 1.13. The summed E-state index contributed by atoms with van der Waals surface area (Å²) in [5.41, 5.74) is 0. The lowest BCUT2D eigenvalue weighted by Gasteiger charge is -1.66. The minimum Gasteiger partial charge on any atom is -0.212 e. The van der Waals surface area contributed by atoms with E-state index in [4.69, 9.17) is 0 Å². The summed E-state index contributed by atoms with van der Waals surface area (Å²) in [4.78, 5) is 3.70. The van der Waals surface area contributed by atoms with Crippen LogP contribution < -0.4 is 0 Å². The van der Waals surface area contributed by atoms with Crippen molar-refractivity contribution in [3.63, 3.8) is 0 Å². The first-order valence-electron chi connectivity index (χ1n) is 1.75. The van der Waals surface area contributed by atoms with E-state index in [0.29, 0.717) is 0 Å². The molecule has 0 bridgehead atoms. The molecule has 0 N–H and O–H groups in total. The van der Waals surface area contributed by atoms with Crippen molar-refractivity contribution in [1.29, 1.82) is 0 Å².